The third-order valence-electron chi connectivity index (χ3n) is 2.86. The van der Waals surface area contributed by atoms with E-state index in [1.165, 1.54) is 17.8 Å². The van der Waals surface area contributed by atoms with Crippen LogP contribution in [0.3, 0.4) is 0 Å². The Bertz CT molecular complexity index is 437. The molecule has 0 aromatic heterocycles. The first-order chi connectivity index (χ1) is 8.87. The number of benzene rings is 1. The molecular formula is C14H20FNO2S. The molecule has 2 unspecified atom stereocenters. The molecule has 0 bridgehead atoms. The number of nitrogens with one attached hydrogen (secondary N) is 1. The maximum atomic E-state index is 13.6. The predicted molar refractivity (Wildman–Crippen MR) is 76.8 cm³/mol. The summed E-state index contributed by atoms with van der Waals surface area (Å²) in [6.07, 6.45) is 1.89. The second-order valence-electron chi connectivity index (χ2n) is 4.89. The van der Waals surface area contributed by atoms with Gasteiger partial charge in [0, 0.05) is 12.3 Å². The molecule has 0 spiro atoms. The minimum atomic E-state index is -0.954. The Labute approximate surface area is 117 Å². The van der Waals surface area contributed by atoms with Crippen molar-refractivity contribution in [3.05, 3.63) is 35.6 Å². The summed E-state index contributed by atoms with van der Waals surface area (Å²) in [5, 5.41) is 12.6. The summed E-state index contributed by atoms with van der Waals surface area (Å²) in [5.41, 5.74) is -0.589. The smallest absolute Gasteiger partial charge is 0.227 e. The molecule has 0 saturated carbocycles. The SMILES string of the molecule is CSCC(C)(O)CNC(=O)C(C)c1ccccc1F. The summed E-state index contributed by atoms with van der Waals surface area (Å²) >= 11 is 1.51. The second kappa shape index (κ2) is 6.91. The van der Waals surface area contributed by atoms with Crippen LogP contribution in [0.25, 0.3) is 0 Å². The predicted octanol–water partition coefficient (Wildman–Crippen LogP) is 2.16. The van der Waals surface area contributed by atoms with Gasteiger partial charge in [0.1, 0.15) is 5.82 Å². The number of rotatable bonds is 6. The molecule has 19 heavy (non-hydrogen) atoms. The topological polar surface area (TPSA) is 49.3 Å². The fourth-order valence-corrected chi connectivity index (χ4v) is 2.48. The van der Waals surface area contributed by atoms with E-state index >= 15 is 0 Å². The van der Waals surface area contributed by atoms with Gasteiger partial charge in [0.25, 0.3) is 0 Å². The molecule has 0 aliphatic rings. The van der Waals surface area contributed by atoms with Crippen LogP contribution >= 0.6 is 11.8 Å². The van der Waals surface area contributed by atoms with E-state index in [1.807, 2.05) is 6.26 Å². The maximum absolute atomic E-state index is 13.6. The molecule has 106 valence electrons. The van der Waals surface area contributed by atoms with Crippen molar-refractivity contribution < 1.29 is 14.3 Å². The second-order valence-corrected chi connectivity index (χ2v) is 5.76. The number of hydrogen-bond donors (Lipinski definition) is 2. The number of carbonyl (C=O) groups is 1. The molecule has 0 fully saturated rings. The zero-order valence-corrected chi connectivity index (χ0v) is 12.3. The van der Waals surface area contributed by atoms with Gasteiger partial charge in [0.2, 0.25) is 5.91 Å². The van der Waals surface area contributed by atoms with Crippen molar-refractivity contribution in [1.29, 1.82) is 0 Å². The summed E-state index contributed by atoms with van der Waals surface area (Å²) < 4.78 is 13.6. The Balaban J connectivity index is 2.62. The van der Waals surface area contributed by atoms with Crippen LogP contribution in [0.4, 0.5) is 4.39 Å². The molecule has 2 atom stereocenters. The molecule has 1 aromatic rings. The van der Waals surface area contributed by atoms with Crippen LogP contribution < -0.4 is 5.32 Å². The lowest BCUT2D eigenvalue weighted by Gasteiger charge is -2.23. The fourth-order valence-electron chi connectivity index (χ4n) is 1.76. The van der Waals surface area contributed by atoms with Crippen LogP contribution in [0, 0.1) is 5.82 Å². The van der Waals surface area contributed by atoms with Crippen molar-refractivity contribution in [1.82, 2.24) is 5.32 Å². The first-order valence-corrected chi connectivity index (χ1v) is 7.50. The van der Waals surface area contributed by atoms with Crippen LogP contribution in [0.1, 0.15) is 25.3 Å². The lowest BCUT2D eigenvalue weighted by Crippen LogP contribution is -2.43. The largest absolute Gasteiger partial charge is 0.387 e. The summed E-state index contributed by atoms with van der Waals surface area (Å²) in [6.45, 7) is 3.47. The van der Waals surface area contributed by atoms with Crippen LogP contribution in [0.5, 0.6) is 0 Å². The van der Waals surface area contributed by atoms with Gasteiger partial charge in [-0.15, -0.1) is 0 Å². The van der Waals surface area contributed by atoms with Gasteiger partial charge in [-0.05, 0) is 31.7 Å². The molecule has 3 nitrogen and oxygen atoms in total. The molecule has 1 rings (SSSR count). The quantitative estimate of drug-likeness (QED) is 0.842. The average Bonchev–Trinajstić information content (AvgIpc) is 2.36. The van der Waals surface area contributed by atoms with Crippen molar-refractivity contribution in [2.45, 2.75) is 25.4 Å². The minimum absolute atomic E-state index is 0.158. The fraction of sp³-hybridized carbons (Fsp3) is 0.500. The standard InChI is InChI=1S/C14H20FNO2S/c1-10(11-6-4-5-7-12(11)15)13(17)16-8-14(2,18)9-19-3/h4-7,10,18H,8-9H2,1-3H3,(H,16,17). The number of halogens is 1. The van der Waals surface area contributed by atoms with Gasteiger partial charge in [-0.2, -0.15) is 11.8 Å². The molecule has 5 heteroatoms. The average molecular weight is 285 g/mol. The zero-order valence-electron chi connectivity index (χ0n) is 11.4. The molecule has 0 saturated heterocycles. The number of carbonyl (C=O) groups excluding carboxylic acids is 1. The number of aliphatic hydroxyl groups is 1. The zero-order chi connectivity index (χ0) is 14.5. The highest BCUT2D eigenvalue weighted by atomic mass is 32.2. The van der Waals surface area contributed by atoms with E-state index in [1.54, 1.807) is 32.0 Å². The molecule has 0 radical (unpaired) electrons. The van der Waals surface area contributed by atoms with Gasteiger partial charge in [-0.3, -0.25) is 4.79 Å². The number of thioether (sulfide) groups is 1. The van der Waals surface area contributed by atoms with E-state index in [2.05, 4.69) is 5.32 Å². The first-order valence-electron chi connectivity index (χ1n) is 6.11. The Morgan fingerprint density at radius 3 is 2.74 bits per heavy atom. The minimum Gasteiger partial charge on any atom is -0.387 e. The van der Waals surface area contributed by atoms with E-state index in [-0.39, 0.29) is 18.3 Å². The van der Waals surface area contributed by atoms with Crippen molar-refractivity contribution in [3.63, 3.8) is 0 Å². The van der Waals surface area contributed by atoms with E-state index in [4.69, 9.17) is 0 Å². The van der Waals surface area contributed by atoms with Crippen LogP contribution in [-0.4, -0.2) is 35.2 Å². The van der Waals surface area contributed by atoms with Crippen molar-refractivity contribution in [2.75, 3.05) is 18.6 Å². The lowest BCUT2D eigenvalue weighted by atomic mass is 9.99. The van der Waals surface area contributed by atoms with E-state index in [0.29, 0.717) is 11.3 Å². The maximum Gasteiger partial charge on any atom is 0.227 e. The van der Waals surface area contributed by atoms with Gasteiger partial charge in [0.05, 0.1) is 11.5 Å². The Morgan fingerprint density at radius 2 is 2.16 bits per heavy atom. The Hall–Kier alpha value is -1.07. The van der Waals surface area contributed by atoms with E-state index in [9.17, 15) is 14.3 Å². The molecule has 2 N–H and O–H groups in total. The molecular weight excluding hydrogens is 265 g/mol. The molecule has 1 amide bonds. The molecule has 0 heterocycles. The van der Waals surface area contributed by atoms with E-state index < -0.39 is 11.5 Å². The van der Waals surface area contributed by atoms with Crippen molar-refractivity contribution in [2.24, 2.45) is 0 Å². The van der Waals surface area contributed by atoms with Gasteiger partial charge in [-0.1, -0.05) is 18.2 Å². The number of amides is 1. The third kappa shape index (κ3) is 4.84. The monoisotopic (exact) mass is 285 g/mol. The van der Waals surface area contributed by atoms with Crippen LogP contribution in [0.2, 0.25) is 0 Å². The summed E-state index contributed by atoms with van der Waals surface area (Å²) in [7, 11) is 0. The Kier molecular flexibility index (Phi) is 5.82. The summed E-state index contributed by atoms with van der Waals surface area (Å²) in [6, 6.07) is 6.22. The summed E-state index contributed by atoms with van der Waals surface area (Å²) in [4.78, 5) is 12.0. The molecule has 0 aliphatic carbocycles. The number of hydrogen-bond acceptors (Lipinski definition) is 3. The van der Waals surface area contributed by atoms with E-state index in [0.717, 1.165) is 0 Å². The van der Waals surface area contributed by atoms with Crippen LogP contribution in [-0.2, 0) is 4.79 Å². The summed E-state index contributed by atoms with van der Waals surface area (Å²) in [5.74, 6) is -0.722. The highest BCUT2D eigenvalue weighted by molar-refractivity contribution is 7.98. The first kappa shape index (κ1) is 16.0. The van der Waals surface area contributed by atoms with Gasteiger partial charge in [-0.25, -0.2) is 4.39 Å². The normalized spacial score (nSPS) is 15.6. The third-order valence-corrected chi connectivity index (χ3v) is 3.77. The van der Waals surface area contributed by atoms with Gasteiger partial charge >= 0.3 is 0 Å². The van der Waals surface area contributed by atoms with Crippen molar-refractivity contribution in [3.8, 4) is 0 Å². The highest BCUT2D eigenvalue weighted by Gasteiger charge is 2.23. The van der Waals surface area contributed by atoms with Crippen molar-refractivity contribution >= 4 is 17.7 Å². The van der Waals surface area contributed by atoms with Gasteiger partial charge < -0.3 is 10.4 Å². The van der Waals surface area contributed by atoms with Crippen LogP contribution in [0.15, 0.2) is 24.3 Å². The molecule has 1 aromatic carbocycles. The highest BCUT2D eigenvalue weighted by Crippen LogP contribution is 2.19. The lowest BCUT2D eigenvalue weighted by molar-refractivity contribution is -0.123. The van der Waals surface area contributed by atoms with Gasteiger partial charge in [0.15, 0.2) is 0 Å². The molecule has 0 aliphatic heterocycles. The Morgan fingerprint density at radius 1 is 1.53 bits per heavy atom.